The third-order valence-electron chi connectivity index (χ3n) is 3.93. The molecule has 1 fully saturated rings. The second kappa shape index (κ2) is 5.63. The van der Waals surface area contributed by atoms with Gasteiger partial charge in [-0.2, -0.15) is 0 Å². The maximum atomic E-state index is 12.6. The number of carboxylic acid groups (broad SMARTS) is 1. The van der Waals surface area contributed by atoms with Gasteiger partial charge in [0.2, 0.25) is 0 Å². The highest BCUT2D eigenvalue weighted by molar-refractivity contribution is 5.99. The van der Waals surface area contributed by atoms with Crippen molar-refractivity contribution >= 4 is 17.7 Å². The third kappa shape index (κ3) is 2.53. The lowest BCUT2D eigenvalue weighted by molar-refractivity contribution is 0.0691. The number of ether oxygens (including phenoxy) is 1. The number of carbonyl (C=O) groups is 2. The first-order valence-corrected chi connectivity index (χ1v) is 7.24. The largest absolute Gasteiger partial charge is 0.489 e. The molecule has 21 heavy (non-hydrogen) atoms. The molecule has 2 amide bonds. The van der Waals surface area contributed by atoms with Crippen LogP contribution in [0.25, 0.3) is 0 Å². The van der Waals surface area contributed by atoms with E-state index in [9.17, 15) is 14.7 Å². The van der Waals surface area contributed by atoms with Gasteiger partial charge in [-0.1, -0.05) is 6.07 Å². The first-order valence-electron chi connectivity index (χ1n) is 7.24. The molecule has 1 aromatic carbocycles. The number of benzene rings is 1. The van der Waals surface area contributed by atoms with Gasteiger partial charge in [-0.05, 0) is 31.4 Å². The Bertz CT molecular complexity index is 567. The van der Waals surface area contributed by atoms with E-state index in [1.807, 2.05) is 4.90 Å². The van der Waals surface area contributed by atoms with E-state index >= 15 is 0 Å². The summed E-state index contributed by atoms with van der Waals surface area (Å²) in [4.78, 5) is 27.4. The molecule has 1 N–H and O–H groups in total. The van der Waals surface area contributed by atoms with Gasteiger partial charge in [-0.3, -0.25) is 4.90 Å². The van der Waals surface area contributed by atoms with Crippen LogP contribution >= 0.6 is 0 Å². The number of carboxylic acids is 1. The molecule has 0 unspecified atom stereocenters. The highest BCUT2D eigenvalue weighted by atomic mass is 16.5. The van der Waals surface area contributed by atoms with E-state index in [0.717, 1.165) is 32.4 Å². The van der Waals surface area contributed by atoms with Crippen molar-refractivity contribution in [2.45, 2.75) is 19.3 Å². The molecule has 1 aromatic rings. The van der Waals surface area contributed by atoms with Crippen molar-refractivity contribution in [3.05, 3.63) is 23.8 Å². The molecule has 0 atom stereocenters. The van der Waals surface area contributed by atoms with Crippen LogP contribution in [0.5, 0.6) is 5.75 Å². The number of piperidine rings is 1. The minimum atomic E-state index is -1.04. The number of nitrogens with zero attached hydrogens (tertiary/aromatic N) is 2. The van der Waals surface area contributed by atoms with Crippen LogP contribution in [0.4, 0.5) is 10.5 Å². The summed E-state index contributed by atoms with van der Waals surface area (Å²) in [6, 6.07) is 4.83. The Morgan fingerprint density at radius 3 is 2.57 bits per heavy atom. The normalized spacial score (nSPS) is 17.9. The molecule has 0 aliphatic carbocycles. The van der Waals surface area contributed by atoms with Gasteiger partial charge in [0.05, 0.1) is 12.2 Å². The van der Waals surface area contributed by atoms with Crippen LogP contribution in [-0.4, -0.2) is 48.2 Å². The minimum Gasteiger partial charge on any atom is -0.489 e. The maximum Gasteiger partial charge on any atom is 0.339 e. The predicted octanol–water partition coefficient (Wildman–Crippen LogP) is 2.19. The van der Waals surface area contributed by atoms with Gasteiger partial charge in [-0.15, -0.1) is 0 Å². The SMILES string of the molecule is O=C(O)c1cccc2c1OCCN2C(=O)N1CCCCC1. The Morgan fingerprint density at radius 1 is 1.10 bits per heavy atom. The number of likely N-dealkylation sites (tertiary alicyclic amines) is 1. The zero-order valence-corrected chi connectivity index (χ0v) is 11.7. The van der Waals surface area contributed by atoms with Crippen molar-refractivity contribution in [3.8, 4) is 5.75 Å². The van der Waals surface area contributed by atoms with Crippen molar-refractivity contribution < 1.29 is 19.4 Å². The molecule has 2 aliphatic rings. The molecule has 2 aliphatic heterocycles. The number of hydrogen-bond acceptors (Lipinski definition) is 3. The van der Waals surface area contributed by atoms with E-state index in [1.54, 1.807) is 17.0 Å². The summed E-state index contributed by atoms with van der Waals surface area (Å²) >= 11 is 0. The molecular weight excluding hydrogens is 272 g/mol. The lowest BCUT2D eigenvalue weighted by atomic mass is 10.1. The maximum absolute atomic E-state index is 12.6. The topological polar surface area (TPSA) is 70.1 Å². The van der Waals surface area contributed by atoms with Crippen LogP contribution in [0.15, 0.2) is 18.2 Å². The second-order valence-electron chi connectivity index (χ2n) is 5.29. The summed E-state index contributed by atoms with van der Waals surface area (Å²) in [5, 5.41) is 9.22. The van der Waals surface area contributed by atoms with Crippen LogP contribution in [0.2, 0.25) is 0 Å². The van der Waals surface area contributed by atoms with Crippen molar-refractivity contribution in [1.82, 2.24) is 4.90 Å². The quantitative estimate of drug-likeness (QED) is 0.860. The van der Waals surface area contributed by atoms with Gasteiger partial charge in [0.1, 0.15) is 12.2 Å². The van der Waals surface area contributed by atoms with Crippen molar-refractivity contribution in [2.24, 2.45) is 0 Å². The molecule has 2 heterocycles. The summed E-state index contributed by atoms with van der Waals surface area (Å²) < 4.78 is 5.49. The van der Waals surface area contributed by atoms with Crippen molar-refractivity contribution in [1.29, 1.82) is 0 Å². The molecule has 0 aromatic heterocycles. The number of anilines is 1. The molecule has 0 bridgehead atoms. The fraction of sp³-hybridized carbons (Fsp3) is 0.467. The average molecular weight is 290 g/mol. The second-order valence-corrected chi connectivity index (χ2v) is 5.29. The van der Waals surface area contributed by atoms with Gasteiger partial charge in [-0.25, -0.2) is 9.59 Å². The Morgan fingerprint density at radius 2 is 1.86 bits per heavy atom. The average Bonchev–Trinajstić information content (AvgIpc) is 2.53. The summed E-state index contributed by atoms with van der Waals surface area (Å²) in [5.74, 6) is -0.749. The van der Waals surface area contributed by atoms with Crippen LogP contribution in [0, 0.1) is 0 Å². The fourth-order valence-electron chi connectivity index (χ4n) is 2.87. The number of urea groups is 1. The molecule has 0 spiro atoms. The zero-order chi connectivity index (χ0) is 14.8. The smallest absolute Gasteiger partial charge is 0.339 e. The zero-order valence-electron chi connectivity index (χ0n) is 11.7. The molecule has 1 saturated heterocycles. The van der Waals surface area contributed by atoms with E-state index in [1.165, 1.54) is 6.07 Å². The Balaban J connectivity index is 1.91. The van der Waals surface area contributed by atoms with E-state index in [-0.39, 0.29) is 11.6 Å². The first kappa shape index (κ1) is 13.7. The Kier molecular flexibility index (Phi) is 3.68. The van der Waals surface area contributed by atoms with Gasteiger partial charge in [0, 0.05) is 13.1 Å². The Labute approximate surface area is 122 Å². The van der Waals surface area contributed by atoms with Crippen LogP contribution < -0.4 is 9.64 Å². The number of fused-ring (bicyclic) bond motifs is 1. The number of aromatic carboxylic acids is 1. The van der Waals surface area contributed by atoms with Gasteiger partial charge in [0.25, 0.3) is 0 Å². The summed E-state index contributed by atoms with van der Waals surface area (Å²) in [6.07, 6.45) is 3.21. The molecular formula is C15H18N2O4. The number of hydrogen-bond donors (Lipinski definition) is 1. The molecule has 6 nitrogen and oxygen atoms in total. The van der Waals surface area contributed by atoms with Crippen molar-refractivity contribution in [3.63, 3.8) is 0 Å². The highest BCUT2D eigenvalue weighted by Crippen LogP contribution is 2.35. The van der Waals surface area contributed by atoms with E-state index in [0.29, 0.717) is 24.6 Å². The lowest BCUT2D eigenvalue weighted by Crippen LogP contribution is -2.48. The number of rotatable bonds is 1. The highest BCUT2D eigenvalue weighted by Gasteiger charge is 2.30. The Hall–Kier alpha value is -2.24. The third-order valence-corrected chi connectivity index (χ3v) is 3.93. The van der Waals surface area contributed by atoms with Gasteiger partial charge >= 0.3 is 12.0 Å². The molecule has 3 rings (SSSR count). The molecule has 6 heteroatoms. The molecule has 0 saturated carbocycles. The van der Waals surface area contributed by atoms with Crippen molar-refractivity contribution in [2.75, 3.05) is 31.1 Å². The monoisotopic (exact) mass is 290 g/mol. The number of carbonyl (C=O) groups excluding carboxylic acids is 1. The van der Waals surface area contributed by atoms with Gasteiger partial charge < -0.3 is 14.7 Å². The van der Waals surface area contributed by atoms with Crippen LogP contribution in [0.1, 0.15) is 29.6 Å². The van der Waals surface area contributed by atoms with Crippen LogP contribution in [-0.2, 0) is 0 Å². The van der Waals surface area contributed by atoms with E-state index < -0.39 is 5.97 Å². The number of amides is 2. The van der Waals surface area contributed by atoms with Crippen LogP contribution in [0.3, 0.4) is 0 Å². The lowest BCUT2D eigenvalue weighted by Gasteiger charge is -2.36. The fourth-order valence-corrected chi connectivity index (χ4v) is 2.87. The summed E-state index contributed by atoms with van der Waals surface area (Å²) in [7, 11) is 0. The molecule has 112 valence electrons. The summed E-state index contributed by atoms with van der Waals surface area (Å²) in [6.45, 7) is 2.30. The predicted molar refractivity (Wildman–Crippen MR) is 77.1 cm³/mol. The van der Waals surface area contributed by atoms with E-state index in [4.69, 9.17) is 4.74 Å². The summed E-state index contributed by atoms with van der Waals surface area (Å²) in [5.41, 5.74) is 0.653. The van der Waals surface area contributed by atoms with E-state index in [2.05, 4.69) is 0 Å². The molecule has 0 radical (unpaired) electrons. The first-order chi connectivity index (χ1) is 10.2. The number of para-hydroxylation sites is 1. The van der Waals surface area contributed by atoms with Gasteiger partial charge in [0.15, 0.2) is 5.75 Å². The standard InChI is InChI=1S/C15H18N2O4/c18-14(19)11-5-4-6-12-13(11)21-10-9-17(12)15(20)16-7-2-1-3-8-16/h4-6H,1-3,7-10H2,(H,18,19). The minimum absolute atomic E-state index is 0.0539.